The molecule has 0 saturated heterocycles. The smallest absolute Gasteiger partial charge is 0.419 e. The Morgan fingerprint density at radius 1 is 1.32 bits per heavy atom. The van der Waals surface area contributed by atoms with Gasteiger partial charge < -0.3 is 15.2 Å². The Bertz CT molecular complexity index is 394. The van der Waals surface area contributed by atoms with Crippen molar-refractivity contribution in [3.8, 4) is 5.75 Å². The van der Waals surface area contributed by atoms with E-state index in [2.05, 4.69) is 5.32 Å². The second kappa shape index (κ2) is 7.35. The summed E-state index contributed by atoms with van der Waals surface area (Å²) in [6.45, 7) is 2.91. The molecule has 1 aromatic rings. The summed E-state index contributed by atoms with van der Waals surface area (Å²) in [6.07, 6.45) is -4.15. The van der Waals surface area contributed by atoms with Crippen LogP contribution in [0, 0.1) is 0 Å². The first-order valence-corrected chi connectivity index (χ1v) is 6.13. The predicted octanol–water partition coefficient (Wildman–Crippen LogP) is 2.58. The maximum Gasteiger partial charge on any atom is 0.419 e. The predicted molar refractivity (Wildman–Crippen MR) is 66.0 cm³/mol. The van der Waals surface area contributed by atoms with Crippen molar-refractivity contribution >= 4 is 0 Å². The van der Waals surface area contributed by atoms with Crippen molar-refractivity contribution in [3.05, 3.63) is 29.3 Å². The third kappa shape index (κ3) is 5.08. The normalized spacial score (nSPS) is 11.6. The summed E-state index contributed by atoms with van der Waals surface area (Å²) in [4.78, 5) is 0. The molecule has 0 aliphatic rings. The first-order valence-electron chi connectivity index (χ1n) is 6.13. The van der Waals surface area contributed by atoms with Crippen LogP contribution in [0.5, 0.6) is 5.75 Å². The van der Waals surface area contributed by atoms with Gasteiger partial charge in [-0.3, -0.25) is 0 Å². The average molecular weight is 277 g/mol. The minimum absolute atomic E-state index is 0.0616. The van der Waals surface area contributed by atoms with Gasteiger partial charge in [0.1, 0.15) is 5.75 Å². The Morgan fingerprint density at radius 2 is 2.05 bits per heavy atom. The summed E-state index contributed by atoms with van der Waals surface area (Å²) < 4.78 is 43.8. The lowest BCUT2D eigenvalue weighted by molar-refractivity contribution is -0.139. The molecule has 1 rings (SSSR count). The van der Waals surface area contributed by atoms with Crippen LogP contribution < -0.4 is 10.1 Å². The lowest BCUT2D eigenvalue weighted by Crippen LogP contribution is -2.14. The van der Waals surface area contributed by atoms with Crippen molar-refractivity contribution in [2.24, 2.45) is 0 Å². The fourth-order valence-corrected chi connectivity index (χ4v) is 1.55. The minimum atomic E-state index is -4.45. The number of aliphatic hydroxyl groups excluding tert-OH is 1. The van der Waals surface area contributed by atoms with Gasteiger partial charge in [-0.15, -0.1) is 0 Å². The molecular formula is C13H18F3NO2. The molecule has 0 heterocycles. The van der Waals surface area contributed by atoms with E-state index in [-0.39, 0.29) is 19.0 Å². The number of nitrogens with one attached hydrogen (secondary N) is 1. The van der Waals surface area contributed by atoms with E-state index in [1.165, 1.54) is 6.07 Å². The average Bonchev–Trinajstić information content (AvgIpc) is 2.36. The standard InChI is InChI=1S/C13H18F3NO2/c1-2-17-9-10-4-5-12(19-7-3-6-18)11(8-10)13(14,15)16/h4-5,8,17-18H,2-3,6-7,9H2,1H3. The van der Waals surface area contributed by atoms with Crippen molar-refractivity contribution < 1.29 is 23.0 Å². The van der Waals surface area contributed by atoms with Gasteiger partial charge in [0.15, 0.2) is 0 Å². The molecule has 0 bridgehead atoms. The molecule has 19 heavy (non-hydrogen) atoms. The Kier molecular flexibility index (Phi) is 6.11. The molecule has 0 unspecified atom stereocenters. The zero-order chi connectivity index (χ0) is 14.3. The first-order chi connectivity index (χ1) is 8.99. The summed E-state index contributed by atoms with van der Waals surface area (Å²) in [5.41, 5.74) is -0.218. The van der Waals surface area contributed by atoms with Crippen LogP contribution in [0.3, 0.4) is 0 Å². The molecule has 3 nitrogen and oxygen atoms in total. The molecule has 6 heteroatoms. The van der Waals surface area contributed by atoms with Crippen molar-refractivity contribution in [3.63, 3.8) is 0 Å². The molecule has 0 atom stereocenters. The number of rotatable bonds is 7. The highest BCUT2D eigenvalue weighted by atomic mass is 19.4. The number of benzene rings is 1. The highest BCUT2D eigenvalue weighted by Gasteiger charge is 2.34. The van der Waals surface area contributed by atoms with Gasteiger partial charge in [0.05, 0.1) is 12.2 Å². The molecule has 0 spiro atoms. The fourth-order valence-electron chi connectivity index (χ4n) is 1.55. The van der Waals surface area contributed by atoms with E-state index in [9.17, 15) is 13.2 Å². The molecule has 2 N–H and O–H groups in total. The number of halogens is 3. The number of hydrogen-bond donors (Lipinski definition) is 2. The Balaban J connectivity index is 2.90. The summed E-state index contributed by atoms with van der Waals surface area (Å²) >= 11 is 0. The first kappa shape index (κ1) is 15.8. The zero-order valence-corrected chi connectivity index (χ0v) is 10.8. The zero-order valence-electron chi connectivity index (χ0n) is 10.8. The van der Waals surface area contributed by atoms with Crippen LogP contribution in [-0.2, 0) is 12.7 Å². The van der Waals surface area contributed by atoms with E-state index in [1.807, 2.05) is 6.92 Å². The van der Waals surface area contributed by atoms with Crippen LogP contribution in [0.1, 0.15) is 24.5 Å². The van der Waals surface area contributed by atoms with Gasteiger partial charge in [-0.25, -0.2) is 0 Å². The van der Waals surface area contributed by atoms with Crippen LogP contribution in [0.25, 0.3) is 0 Å². The highest BCUT2D eigenvalue weighted by Crippen LogP contribution is 2.36. The second-order valence-electron chi connectivity index (χ2n) is 4.03. The van der Waals surface area contributed by atoms with E-state index >= 15 is 0 Å². The monoisotopic (exact) mass is 277 g/mol. The summed E-state index contributed by atoms with van der Waals surface area (Å²) in [5, 5.41) is 11.6. The maximum absolute atomic E-state index is 12.9. The van der Waals surface area contributed by atoms with E-state index in [1.54, 1.807) is 6.07 Å². The van der Waals surface area contributed by atoms with E-state index in [0.29, 0.717) is 25.1 Å². The number of aliphatic hydroxyl groups is 1. The van der Waals surface area contributed by atoms with Crippen LogP contribution in [0.2, 0.25) is 0 Å². The molecule has 0 aliphatic heterocycles. The third-order valence-corrected chi connectivity index (χ3v) is 2.49. The van der Waals surface area contributed by atoms with E-state index in [4.69, 9.17) is 9.84 Å². The van der Waals surface area contributed by atoms with Gasteiger partial charge in [0.2, 0.25) is 0 Å². The quantitative estimate of drug-likeness (QED) is 0.753. The fraction of sp³-hybridized carbons (Fsp3) is 0.538. The van der Waals surface area contributed by atoms with Crippen molar-refractivity contribution in [2.75, 3.05) is 19.8 Å². The molecule has 0 saturated carbocycles. The number of alkyl halides is 3. The Labute approximate surface area is 110 Å². The van der Waals surface area contributed by atoms with Crippen LogP contribution in [0.4, 0.5) is 13.2 Å². The van der Waals surface area contributed by atoms with E-state index < -0.39 is 11.7 Å². The minimum Gasteiger partial charge on any atom is -0.493 e. The second-order valence-corrected chi connectivity index (χ2v) is 4.03. The van der Waals surface area contributed by atoms with Gasteiger partial charge in [-0.05, 0) is 24.2 Å². The van der Waals surface area contributed by atoms with Gasteiger partial charge in [-0.1, -0.05) is 13.0 Å². The van der Waals surface area contributed by atoms with Crippen LogP contribution >= 0.6 is 0 Å². The van der Waals surface area contributed by atoms with Crippen LogP contribution in [0.15, 0.2) is 18.2 Å². The molecule has 0 radical (unpaired) electrons. The van der Waals surface area contributed by atoms with Gasteiger partial charge in [0.25, 0.3) is 0 Å². The molecule has 0 amide bonds. The highest BCUT2D eigenvalue weighted by molar-refractivity contribution is 5.39. The van der Waals surface area contributed by atoms with Crippen molar-refractivity contribution in [1.82, 2.24) is 5.32 Å². The Hall–Kier alpha value is -1.27. The molecule has 0 aromatic heterocycles. The molecule has 1 aromatic carbocycles. The number of hydrogen-bond acceptors (Lipinski definition) is 3. The van der Waals surface area contributed by atoms with Gasteiger partial charge in [0, 0.05) is 19.6 Å². The van der Waals surface area contributed by atoms with Crippen molar-refractivity contribution in [2.45, 2.75) is 26.1 Å². The molecule has 0 fully saturated rings. The summed E-state index contributed by atoms with van der Waals surface area (Å²) in [6, 6.07) is 4.02. The van der Waals surface area contributed by atoms with Gasteiger partial charge >= 0.3 is 6.18 Å². The van der Waals surface area contributed by atoms with E-state index in [0.717, 1.165) is 6.07 Å². The SMILES string of the molecule is CCNCc1ccc(OCCCO)c(C(F)(F)F)c1. The third-order valence-electron chi connectivity index (χ3n) is 2.49. The maximum atomic E-state index is 12.9. The molecular weight excluding hydrogens is 259 g/mol. The largest absolute Gasteiger partial charge is 0.493 e. The molecule has 0 aliphatic carbocycles. The van der Waals surface area contributed by atoms with Crippen molar-refractivity contribution in [1.29, 1.82) is 0 Å². The van der Waals surface area contributed by atoms with Crippen LogP contribution in [-0.4, -0.2) is 24.9 Å². The van der Waals surface area contributed by atoms with Gasteiger partial charge in [-0.2, -0.15) is 13.2 Å². The number of ether oxygens (including phenoxy) is 1. The summed E-state index contributed by atoms with van der Waals surface area (Å²) in [7, 11) is 0. The lowest BCUT2D eigenvalue weighted by Gasteiger charge is -2.15. The lowest BCUT2D eigenvalue weighted by atomic mass is 10.1. The Morgan fingerprint density at radius 3 is 2.63 bits per heavy atom. The molecule has 108 valence electrons. The summed E-state index contributed by atoms with van der Waals surface area (Å²) in [5.74, 6) is -0.193. The topological polar surface area (TPSA) is 41.5 Å².